The molecule has 1 aliphatic rings. The molecule has 8 nitrogen and oxygen atoms in total. The number of aryl methyl sites for hydroxylation is 1. The summed E-state index contributed by atoms with van der Waals surface area (Å²) in [6, 6.07) is 1.85. The van der Waals surface area contributed by atoms with E-state index in [-0.39, 0.29) is 5.56 Å². The van der Waals surface area contributed by atoms with Crippen molar-refractivity contribution >= 4 is 0 Å². The van der Waals surface area contributed by atoms with Gasteiger partial charge in [-0.3, -0.25) is 14.3 Å². The largest absolute Gasteiger partial charge is 0.394 e. The Kier molecular flexibility index (Phi) is 3.53. The third kappa shape index (κ3) is 2.19. The van der Waals surface area contributed by atoms with Crippen molar-refractivity contribution in [3.63, 3.8) is 0 Å². The number of nitrogens with one attached hydrogen (secondary N) is 1. The summed E-state index contributed by atoms with van der Waals surface area (Å²) < 4.78 is 6.35. The van der Waals surface area contributed by atoms with E-state index in [0.717, 1.165) is 4.57 Å². The maximum atomic E-state index is 11.7. The molecular weight excluding hydrogens is 254 g/mol. The lowest BCUT2D eigenvalue weighted by molar-refractivity contribution is -0.0470. The zero-order valence-corrected chi connectivity index (χ0v) is 10.1. The number of aromatic amines is 1. The molecule has 1 aliphatic heterocycles. The van der Waals surface area contributed by atoms with Gasteiger partial charge in [0.25, 0.3) is 5.56 Å². The number of nitrogens with zero attached hydrogens (tertiary/aromatic N) is 2. The molecule has 1 fully saturated rings. The van der Waals surface area contributed by atoms with Crippen molar-refractivity contribution in [2.45, 2.75) is 25.4 Å². The molecule has 0 aromatic carbocycles. The average molecular weight is 267 g/mol. The number of aliphatic hydroxyl groups excluding tert-OH is 2. The highest BCUT2D eigenvalue weighted by Crippen LogP contribution is 2.33. The topological polar surface area (TPSA) is 128 Å². The summed E-state index contributed by atoms with van der Waals surface area (Å²) in [6.45, 7) is 1.04. The van der Waals surface area contributed by atoms with Gasteiger partial charge in [0.15, 0.2) is 6.23 Å². The molecule has 1 aromatic heterocycles. The minimum atomic E-state index is -1.20. The standard InChI is InChI=1S/C11H13N3O5/c1-5-3-14(11(18)13-9(5)17)10-6(2-12)8(16)7(4-15)19-10/h3,6-8,10,15-16H,4H2,1H3,(H,13,17,18)/t6-,7+,8?,10+/m0/s1. The summed E-state index contributed by atoms with van der Waals surface area (Å²) >= 11 is 0. The van der Waals surface area contributed by atoms with Gasteiger partial charge in [-0.1, -0.05) is 0 Å². The van der Waals surface area contributed by atoms with Gasteiger partial charge in [0.2, 0.25) is 0 Å². The number of aromatic nitrogens is 2. The quantitative estimate of drug-likeness (QED) is 0.582. The van der Waals surface area contributed by atoms with Gasteiger partial charge in [-0.05, 0) is 6.92 Å². The van der Waals surface area contributed by atoms with Crippen molar-refractivity contribution in [1.82, 2.24) is 9.55 Å². The minimum absolute atomic E-state index is 0.279. The number of ether oxygens (including phenoxy) is 1. The lowest BCUT2D eigenvalue weighted by atomic mass is 10.0. The van der Waals surface area contributed by atoms with E-state index in [1.807, 2.05) is 6.07 Å². The van der Waals surface area contributed by atoms with Crippen molar-refractivity contribution in [2.75, 3.05) is 6.61 Å². The Morgan fingerprint density at radius 2 is 2.26 bits per heavy atom. The molecule has 102 valence electrons. The zero-order valence-electron chi connectivity index (χ0n) is 10.1. The summed E-state index contributed by atoms with van der Waals surface area (Å²) in [4.78, 5) is 25.1. The van der Waals surface area contributed by atoms with E-state index in [4.69, 9.17) is 15.1 Å². The number of nitriles is 1. The van der Waals surface area contributed by atoms with Crippen LogP contribution in [0.1, 0.15) is 11.8 Å². The van der Waals surface area contributed by atoms with Crippen molar-refractivity contribution in [2.24, 2.45) is 5.92 Å². The Hall–Kier alpha value is -1.95. The summed E-state index contributed by atoms with van der Waals surface area (Å²) in [5.74, 6) is -1.000. The molecule has 1 unspecified atom stereocenters. The van der Waals surface area contributed by atoms with Gasteiger partial charge in [0, 0.05) is 11.8 Å². The number of H-pyrrole nitrogens is 1. The van der Waals surface area contributed by atoms with Crippen LogP contribution in [0.5, 0.6) is 0 Å². The van der Waals surface area contributed by atoms with Crippen LogP contribution in [-0.4, -0.2) is 38.6 Å². The Balaban J connectivity index is 2.48. The molecule has 0 aliphatic carbocycles. The van der Waals surface area contributed by atoms with Crippen LogP contribution in [0, 0.1) is 24.2 Å². The highest BCUT2D eigenvalue weighted by atomic mass is 16.5. The van der Waals surface area contributed by atoms with Crippen molar-refractivity contribution in [3.05, 3.63) is 32.6 Å². The van der Waals surface area contributed by atoms with Crippen LogP contribution in [0.3, 0.4) is 0 Å². The van der Waals surface area contributed by atoms with Crippen molar-refractivity contribution in [1.29, 1.82) is 5.26 Å². The maximum Gasteiger partial charge on any atom is 0.330 e. The minimum Gasteiger partial charge on any atom is -0.394 e. The van der Waals surface area contributed by atoms with E-state index >= 15 is 0 Å². The molecule has 0 saturated carbocycles. The van der Waals surface area contributed by atoms with Crippen molar-refractivity contribution < 1.29 is 14.9 Å². The van der Waals surface area contributed by atoms with Gasteiger partial charge in [-0.15, -0.1) is 0 Å². The van der Waals surface area contributed by atoms with Crippen LogP contribution < -0.4 is 11.2 Å². The number of aliphatic hydroxyl groups is 2. The van der Waals surface area contributed by atoms with Gasteiger partial charge in [-0.2, -0.15) is 5.26 Å². The van der Waals surface area contributed by atoms with E-state index < -0.39 is 42.2 Å². The third-order valence-electron chi connectivity index (χ3n) is 3.12. The third-order valence-corrected chi connectivity index (χ3v) is 3.12. The highest BCUT2D eigenvalue weighted by Gasteiger charge is 2.45. The lowest BCUT2D eigenvalue weighted by Crippen LogP contribution is -2.35. The first-order valence-electron chi connectivity index (χ1n) is 5.65. The van der Waals surface area contributed by atoms with E-state index in [2.05, 4.69) is 4.98 Å². The second-order valence-corrected chi connectivity index (χ2v) is 4.37. The van der Waals surface area contributed by atoms with Gasteiger partial charge in [0.1, 0.15) is 18.1 Å². The predicted octanol–water partition coefficient (Wildman–Crippen LogP) is -1.76. The number of rotatable bonds is 2. The Morgan fingerprint density at radius 1 is 1.58 bits per heavy atom. The maximum absolute atomic E-state index is 11.7. The molecule has 1 aromatic rings. The molecule has 2 heterocycles. The Morgan fingerprint density at radius 3 is 2.84 bits per heavy atom. The van der Waals surface area contributed by atoms with E-state index in [9.17, 15) is 14.7 Å². The fourth-order valence-corrected chi connectivity index (χ4v) is 2.05. The zero-order chi connectivity index (χ0) is 14.2. The normalized spacial score (nSPS) is 30.2. The first kappa shape index (κ1) is 13.5. The van der Waals surface area contributed by atoms with Gasteiger partial charge in [-0.25, -0.2) is 4.79 Å². The SMILES string of the molecule is Cc1cn([C@@H]2O[C@H](CO)C(O)[C@@H]2C#N)c(=O)[nH]c1=O. The van der Waals surface area contributed by atoms with Gasteiger partial charge < -0.3 is 14.9 Å². The van der Waals surface area contributed by atoms with Gasteiger partial charge >= 0.3 is 5.69 Å². The van der Waals surface area contributed by atoms with Crippen LogP contribution in [0.15, 0.2) is 15.8 Å². The molecule has 4 atom stereocenters. The van der Waals surface area contributed by atoms with Crippen LogP contribution in [-0.2, 0) is 4.74 Å². The highest BCUT2D eigenvalue weighted by molar-refractivity contribution is 5.06. The Labute approximate surface area is 107 Å². The summed E-state index contributed by atoms with van der Waals surface area (Å²) in [6.07, 6.45) is -1.91. The average Bonchev–Trinajstić information content (AvgIpc) is 2.70. The summed E-state index contributed by atoms with van der Waals surface area (Å²) in [7, 11) is 0. The summed E-state index contributed by atoms with van der Waals surface area (Å²) in [5.41, 5.74) is -0.972. The monoisotopic (exact) mass is 267 g/mol. The van der Waals surface area contributed by atoms with Crippen molar-refractivity contribution in [3.8, 4) is 6.07 Å². The van der Waals surface area contributed by atoms with E-state index in [1.54, 1.807) is 0 Å². The fourth-order valence-electron chi connectivity index (χ4n) is 2.05. The molecule has 1 saturated heterocycles. The molecule has 19 heavy (non-hydrogen) atoms. The molecule has 8 heteroatoms. The second-order valence-electron chi connectivity index (χ2n) is 4.37. The second kappa shape index (κ2) is 4.97. The molecule has 0 spiro atoms. The van der Waals surface area contributed by atoms with E-state index in [1.165, 1.54) is 13.1 Å². The Bertz CT molecular complexity index is 628. The first-order chi connectivity index (χ1) is 8.99. The van der Waals surface area contributed by atoms with Crippen LogP contribution in [0.4, 0.5) is 0 Å². The summed E-state index contributed by atoms with van der Waals surface area (Å²) in [5, 5.41) is 27.9. The molecule has 0 radical (unpaired) electrons. The molecule has 2 rings (SSSR count). The van der Waals surface area contributed by atoms with Gasteiger partial charge in [0.05, 0.1) is 12.7 Å². The van der Waals surface area contributed by atoms with E-state index in [0.29, 0.717) is 0 Å². The lowest BCUT2D eigenvalue weighted by Gasteiger charge is -2.16. The molecule has 0 amide bonds. The van der Waals surface area contributed by atoms with Crippen LogP contribution in [0.2, 0.25) is 0 Å². The molecule has 3 N–H and O–H groups in total. The number of hydrogen-bond acceptors (Lipinski definition) is 6. The fraction of sp³-hybridized carbons (Fsp3) is 0.545. The molecular formula is C11H13N3O5. The van der Waals surface area contributed by atoms with Crippen LogP contribution in [0.25, 0.3) is 0 Å². The smallest absolute Gasteiger partial charge is 0.330 e. The molecule has 0 bridgehead atoms. The number of hydrogen-bond donors (Lipinski definition) is 3. The van der Waals surface area contributed by atoms with Crippen LogP contribution >= 0.6 is 0 Å². The first-order valence-corrected chi connectivity index (χ1v) is 5.65. The predicted molar refractivity (Wildman–Crippen MR) is 62.2 cm³/mol.